The molecule has 23 heavy (non-hydrogen) atoms. The van der Waals surface area contributed by atoms with Crippen molar-refractivity contribution in [2.45, 2.75) is 19.2 Å². The summed E-state index contributed by atoms with van der Waals surface area (Å²) >= 11 is 0. The van der Waals surface area contributed by atoms with Gasteiger partial charge in [0.1, 0.15) is 12.2 Å². The van der Waals surface area contributed by atoms with Crippen LogP contribution in [-0.2, 0) is 27.1 Å². The van der Waals surface area contributed by atoms with E-state index in [-0.39, 0.29) is 11.4 Å². The summed E-state index contributed by atoms with van der Waals surface area (Å²) < 4.78 is 27.6. The molecule has 0 aliphatic rings. The minimum atomic E-state index is -3.78. The zero-order valence-corrected chi connectivity index (χ0v) is 13.2. The van der Waals surface area contributed by atoms with E-state index in [4.69, 9.17) is 5.11 Å². The first-order valence-corrected chi connectivity index (χ1v) is 8.40. The van der Waals surface area contributed by atoms with Crippen LogP contribution in [-0.4, -0.2) is 24.1 Å². The summed E-state index contributed by atoms with van der Waals surface area (Å²) in [6, 6.07) is 11.4. The van der Waals surface area contributed by atoms with Gasteiger partial charge in [-0.25, -0.2) is 8.42 Å². The largest absolute Gasteiger partial charge is 0.480 e. The molecule has 0 fully saturated rings. The average molecular weight is 336 g/mol. The molecule has 7 nitrogen and oxygen atoms in total. The van der Waals surface area contributed by atoms with E-state index in [2.05, 4.69) is 4.72 Å². The van der Waals surface area contributed by atoms with Gasteiger partial charge in [-0.2, -0.15) is 0 Å². The van der Waals surface area contributed by atoms with E-state index in [1.807, 2.05) is 0 Å². The third kappa shape index (κ3) is 4.43. The number of carbonyl (C=O) groups is 1. The molecule has 1 aromatic carbocycles. The summed E-state index contributed by atoms with van der Waals surface area (Å²) in [6.07, 6.45) is 0. The molecule has 0 aliphatic heterocycles. The van der Waals surface area contributed by atoms with Gasteiger partial charge < -0.3 is 5.11 Å². The van der Waals surface area contributed by atoms with Crippen molar-refractivity contribution in [1.29, 1.82) is 0 Å². The van der Waals surface area contributed by atoms with Crippen LogP contribution < -0.4 is 10.3 Å². The van der Waals surface area contributed by atoms with Crippen molar-refractivity contribution >= 4 is 21.7 Å². The second-order valence-electron chi connectivity index (χ2n) is 5.02. The molecule has 2 N–H and O–H groups in total. The fraction of sp³-hybridized carbons (Fsp3) is 0.200. The molecule has 1 aromatic heterocycles. The Kier molecular flexibility index (Phi) is 4.85. The van der Waals surface area contributed by atoms with Gasteiger partial charge in [0, 0.05) is 5.69 Å². The topological polar surface area (TPSA) is 105 Å². The highest BCUT2D eigenvalue weighted by atomic mass is 32.2. The van der Waals surface area contributed by atoms with Crippen molar-refractivity contribution in [3.8, 4) is 0 Å². The normalized spacial score (nSPS) is 11.2. The number of aliphatic carboxylic acids is 1. The number of carboxylic acid groups (broad SMARTS) is 1. The summed E-state index contributed by atoms with van der Waals surface area (Å²) in [6.45, 7) is 1.05. The van der Waals surface area contributed by atoms with E-state index < -0.39 is 28.1 Å². The fourth-order valence-corrected chi connectivity index (χ4v) is 3.27. The maximum atomic E-state index is 12.2. The smallest absolute Gasteiger partial charge is 0.323 e. The van der Waals surface area contributed by atoms with Gasteiger partial charge in [-0.15, -0.1) is 0 Å². The van der Waals surface area contributed by atoms with Crippen molar-refractivity contribution in [2.24, 2.45) is 0 Å². The number of aromatic nitrogens is 1. The van der Waals surface area contributed by atoms with Crippen LogP contribution in [0.15, 0.2) is 47.3 Å². The Labute approximate surface area is 133 Å². The lowest BCUT2D eigenvalue weighted by Crippen LogP contribution is -2.30. The second kappa shape index (κ2) is 6.66. The van der Waals surface area contributed by atoms with Crippen molar-refractivity contribution in [3.05, 3.63) is 64.1 Å². The fourth-order valence-electron chi connectivity index (χ4n) is 2.08. The van der Waals surface area contributed by atoms with Crippen molar-refractivity contribution in [1.82, 2.24) is 4.57 Å². The van der Waals surface area contributed by atoms with Gasteiger partial charge in [-0.1, -0.05) is 30.3 Å². The number of nitrogens with zero attached hydrogens (tertiary/aromatic N) is 1. The number of anilines is 1. The lowest BCUT2D eigenvalue weighted by Gasteiger charge is -2.12. The number of hydrogen-bond donors (Lipinski definition) is 2. The Balaban J connectivity index is 2.29. The average Bonchev–Trinajstić information content (AvgIpc) is 2.47. The SMILES string of the molecule is Cc1ccc(NS(=O)(=O)Cc2ccccc2)c(=O)n1CC(=O)O. The molecule has 8 heteroatoms. The number of rotatable bonds is 6. The summed E-state index contributed by atoms with van der Waals surface area (Å²) in [5.74, 6) is -1.46. The van der Waals surface area contributed by atoms with Gasteiger partial charge in [0.25, 0.3) is 5.56 Å². The molecule has 0 atom stereocenters. The zero-order valence-electron chi connectivity index (χ0n) is 12.4. The second-order valence-corrected chi connectivity index (χ2v) is 6.74. The van der Waals surface area contributed by atoms with Gasteiger partial charge in [0.15, 0.2) is 0 Å². The summed E-state index contributed by atoms with van der Waals surface area (Å²) in [7, 11) is -3.78. The third-order valence-electron chi connectivity index (χ3n) is 3.15. The van der Waals surface area contributed by atoms with E-state index in [1.165, 1.54) is 12.1 Å². The van der Waals surface area contributed by atoms with E-state index in [0.717, 1.165) is 4.57 Å². The monoisotopic (exact) mass is 336 g/mol. The molecular formula is C15H16N2O5S. The van der Waals surface area contributed by atoms with E-state index >= 15 is 0 Å². The molecule has 0 spiro atoms. The maximum Gasteiger partial charge on any atom is 0.323 e. The van der Waals surface area contributed by atoms with Crippen LogP contribution >= 0.6 is 0 Å². The van der Waals surface area contributed by atoms with Crippen LogP contribution in [0.4, 0.5) is 5.69 Å². The minimum absolute atomic E-state index is 0.173. The molecule has 0 amide bonds. The van der Waals surface area contributed by atoms with Crippen LogP contribution in [0.1, 0.15) is 11.3 Å². The number of benzene rings is 1. The Bertz CT molecular complexity index is 872. The van der Waals surface area contributed by atoms with Gasteiger partial charge >= 0.3 is 5.97 Å². The summed E-state index contributed by atoms with van der Waals surface area (Å²) in [4.78, 5) is 23.0. The highest BCUT2D eigenvalue weighted by Gasteiger charge is 2.16. The Hall–Kier alpha value is -2.61. The number of carboxylic acids is 1. The van der Waals surface area contributed by atoms with E-state index in [9.17, 15) is 18.0 Å². The highest BCUT2D eigenvalue weighted by molar-refractivity contribution is 7.91. The molecular weight excluding hydrogens is 320 g/mol. The van der Waals surface area contributed by atoms with Crippen LogP contribution in [0, 0.1) is 6.92 Å². The van der Waals surface area contributed by atoms with Crippen molar-refractivity contribution in [2.75, 3.05) is 4.72 Å². The Morgan fingerprint density at radius 2 is 1.83 bits per heavy atom. The predicted molar refractivity (Wildman–Crippen MR) is 85.8 cm³/mol. The number of nitrogens with one attached hydrogen (secondary N) is 1. The van der Waals surface area contributed by atoms with Crippen molar-refractivity contribution in [3.63, 3.8) is 0 Å². The molecule has 2 aromatic rings. The number of hydrogen-bond acceptors (Lipinski definition) is 4. The molecule has 0 aliphatic carbocycles. The molecule has 0 bridgehead atoms. The first-order chi connectivity index (χ1) is 10.8. The van der Waals surface area contributed by atoms with E-state index in [1.54, 1.807) is 37.3 Å². The maximum absolute atomic E-state index is 12.2. The first kappa shape index (κ1) is 16.8. The zero-order chi connectivity index (χ0) is 17.0. The van der Waals surface area contributed by atoms with Gasteiger partial charge in [0.2, 0.25) is 10.0 Å². The van der Waals surface area contributed by atoms with Gasteiger partial charge in [-0.3, -0.25) is 18.9 Å². The molecule has 2 rings (SSSR count). The molecule has 0 radical (unpaired) electrons. The standard InChI is InChI=1S/C15H16N2O5S/c1-11-7-8-13(15(20)17(11)9-14(18)19)16-23(21,22)10-12-5-3-2-4-6-12/h2-8,16H,9-10H2,1H3,(H,18,19). The minimum Gasteiger partial charge on any atom is -0.480 e. The summed E-state index contributed by atoms with van der Waals surface area (Å²) in [5.41, 5.74) is 0.151. The number of pyridine rings is 1. The Morgan fingerprint density at radius 1 is 1.17 bits per heavy atom. The van der Waals surface area contributed by atoms with Crippen molar-refractivity contribution < 1.29 is 18.3 Å². The van der Waals surface area contributed by atoms with Gasteiger partial charge in [0.05, 0.1) is 5.75 Å². The highest BCUT2D eigenvalue weighted by Crippen LogP contribution is 2.10. The first-order valence-electron chi connectivity index (χ1n) is 6.75. The van der Waals surface area contributed by atoms with Crippen LogP contribution in [0.2, 0.25) is 0 Å². The molecule has 1 heterocycles. The van der Waals surface area contributed by atoms with Crippen LogP contribution in [0.3, 0.4) is 0 Å². The lowest BCUT2D eigenvalue weighted by molar-refractivity contribution is -0.137. The number of aryl methyl sites for hydroxylation is 1. The quantitative estimate of drug-likeness (QED) is 0.824. The molecule has 0 saturated heterocycles. The molecule has 0 unspecified atom stereocenters. The number of sulfonamides is 1. The molecule has 122 valence electrons. The van der Waals surface area contributed by atoms with Crippen LogP contribution in [0.25, 0.3) is 0 Å². The third-order valence-corrected chi connectivity index (χ3v) is 4.40. The summed E-state index contributed by atoms with van der Waals surface area (Å²) in [5, 5.41) is 8.84. The van der Waals surface area contributed by atoms with Gasteiger partial charge in [-0.05, 0) is 24.6 Å². The van der Waals surface area contributed by atoms with Crippen LogP contribution in [0.5, 0.6) is 0 Å². The predicted octanol–water partition coefficient (Wildman–Crippen LogP) is 1.18. The molecule has 0 saturated carbocycles. The van der Waals surface area contributed by atoms with E-state index in [0.29, 0.717) is 11.3 Å². The lowest BCUT2D eigenvalue weighted by atomic mass is 10.2. The Morgan fingerprint density at radius 3 is 2.43 bits per heavy atom.